The average molecular weight is 287 g/mol. The van der Waals surface area contributed by atoms with Gasteiger partial charge in [-0.2, -0.15) is 13.2 Å². The Morgan fingerprint density at radius 2 is 2.10 bits per heavy atom. The molecule has 0 saturated carbocycles. The van der Waals surface area contributed by atoms with E-state index in [1.807, 2.05) is 0 Å². The zero-order valence-electron chi connectivity index (χ0n) is 11.0. The van der Waals surface area contributed by atoms with Crippen LogP contribution in [-0.4, -0.2) is 24.7 Å². The molecule has 1 N–H and O–H groups in total. The second-order valence-electron chi connectivity index (χ2n) is 4.86. The predicted molar refractivity (Wildman–Crippen MR) is 67.3 cm³/mol. The number of ether oxygens (including phenoxy) is 1. The Labute approximate surface area is 115 Å². The molecule has 0 aliphatic carbocycles. The van der Waals surface area contributed by atoms with E-state index in [4.69, 9.17) is 4.74 Å². The van der Waals surface area contributed by atoms with Crippen molar-refractivity contribution in [1.29, 1.82) is 0 Å². The lowest BCUT2D eigenvalue weighted by Gasteiger charge is -2.21. The van der Waals surface area contributed by atoms with Crippen molar-refractivity contribution in [1.82, 2.24) is 5.32 Å². The van der Waals surface area contributed by atoms with Crippen molar-refractivity contribution in [2.45, 2.75) is 38.1 Å². The summed E-state index contributed by atoms with van der Waals surface area (Å²) in [5.74, 6) is -0.721. The molecule has 1 aliphatic rings. The monoisotopic (exact) mass is 287 g/mol. The van der Waals surface area contributed by atoms with Crippen LogP contribution in [-0.2, 0) is 10.9 Å². The molecule has 0 unspecified atom stereocenters. The first kappa shape index (κ1) is 14.8. The van der Waals surface area contributed by atoms with Crippen LogP contribution in [0.5, 0.6) is 0 Å². The van der Waals surface area contributed by atoms with Crippen LogP contribution < -0.4 is 5.32 Å². The van der Waals surface area contributed by atoms with Gasteiger partial charge in [-0.25, -0.2) is 0 Å². The van der Waals surface area contributed by atoms with Crippen molar-refractivity contribution in [3.8, 4) is 0 Å². The van der Waals surface area contributed by atoms with Crippen LogP contribution in [0.25, 0.3) is 0 Å². The summed E-state index contributed by atoms with van der Waals surface area (Å²) in [5.41, 5.74) is -1.28. The Hall–Kier alpha value is -1.56. The van der Waals surface area contributed by atoms with Gasteiger partial charge >= 0.3 is 6.18 Å². The van der Waals surface area contributed by atoms with E-state index < -0.39 is 17.6 Å². The van der Waals surface area contributed by atoms with E-state index in [1.54, 1.807) is 6.92 Å². The molecular formula is C14H16F3NO2. The maximum absolute atomic E-state index is 12.8. The molecule has 0 bridgehead atoms. The molecule has 6 heteroatoms. The molecule has 1 saturated heterocycles. The molecule has 1 amide bonds. The molecule has 1 heterocycles. The molecule has 1 aromatic carbocycles. The first-order valence-electron chi connectivity index (χ1n) is 6.48. The molecule has 2 rings (SSSR count). The summed E-state index contributed by atoms with van der Waals surface area (Å²) in [5, 5.41) is 2.59. The van der Waals surface area contributed by atoms with Gasteiger partial charge in [-0.3, -0.25) is 4.79 Å². The van der Waals surface area contributed by atoms with Crippen LogP contribution in [0.1, 0.15) is 35.7 Å². The van der Waals surface area contributed by atoms with Gasteiger partial charge in [0, 0.05) is 6.61 Å². The lowest BCUT2D eigenvalue weighted by Crippen LogP contribution is -2.41. The van der Waals surface area contributed by atoms with Gasteiger partial charge in [0.25, 0.3) is 5.91 Å². The Bertz CT molecular complexity index is 482. The Kier molecular flexibility index (Phi) is 4.32. The average Bonchev–Trinajstić information content (AvgIpc) is 2.91. The fourth-order valence-electron chi connectivity index (χ4n) is 2.30. The SMILES string of the molecule is C[C@H](NC(=O)c1ccccc1C(F)(F)F)[C@@H]1CCCO1. The van der Waals surface area contributed by atoms with E-state index in [1.165, 1.54) is 18.2 Å². The molecule has 110 valence electrons. The normalized spacial score (nSPS) is 20.7. The molecule has 1 aromatic rings. The van der Waals surface area contributed by atoms with Gasteiger partial charge in [0.05, 0.1) is 23.3 Å². The number of rotatable bonds is 3. The van der Waals surface area contributed by atoms with Crippen LogP contribution in [0.3, 0.4) is 0 Å². The third kappa shape index (κ3) is 3.30. The maximum Gasteiger partial charge on any atom is 0.417 e. The quantitative estimate of drug-likeness (QED) is 0.928. The van der Waals surface area contributed by atoms with E-state index in [0.717, 1.165) is 18.9 Å². The van der Waals surface area contributed by atoms with Crippen LogP contribution in [0.4, 0.5) is 13.2 Å². The summed E-state index contributed by atoms with van der Waals surface area (Å²) in [7, 11) is 0. The van der Waals surface area contributed by atoms with Crippen molar-refractivity contribution < 1.29 is 22.7 Å². The van der Waals surface area contributed by atoms with Gasteiger partial charge in [0.1, 0.15) is 0 Å². The molecule has 0 radical (unpaired) electrons. The number of alkyl halides is 3. The summed E-state index contributed by atoms with van der Waals surface area (Å²) in [4.78, 5) is 12.0. The third-order valence-electron chi connectivity index (χ3n) is 3.36. The number of amides is 1. The fraction of sp³-hybridized carbons (Fsp3) is 0.500. The van der Waals surface area contributed by atoms with Crippen molar-refractivity contribution in [3.05, 3.63) is 35.4 Å². The summed E-state index contributed by atoms with van der Waals surface area (Å²) >= 11 is 0. The lowest BCUT2D eigenvalue weighted by molar-refractivity contribution is -0.137. The Morgan fingerprint density at radius 1 is 1.40 bits per heavy atom. The molecule has 20 heavy (non-hydrogen) atoms. The number of benzene rings is 1. The molecule has 1 aliphatic heterocycles. The number of carbonyl (C=O) groups excluding carboxylic acids is 1. The van der Waals surface area contributed by atoms with Gasteiger partial charge in [-0.1, -0.05) is 12.1 Å². The topological polar surface area (TPSA) is 38.3 Å². The van der Waals surface area contributed by atoms with E-state index in [0.29, 0.717) is 6.61 Å². The van der Waals surface area contributed by atoms with Crippen molar-refractivity contribution in [3.63, 3.8) is 0 Å². The summed E-state index contributed by atoms with van der Waals surface area (Å²) in [6, 6.07) is 4.46. The lowest BCUT2D eigenvalue weighted by atomic mass is 10.0. The van der Waals surface area contributed by atoms with Crippen molar-refractivity contribution >= 4 is 5.91 Å². The van der Waals surface area contributed by atoms with E-state index in [2.05, 4.69) is 5.32 Å². The first-order valence-corrected chi connectivity index (χ1v) is 6.48. The molecule has 1 fully saturated rings. The maximum atomic E-state index is 12.8. The van der Waals surface area contributed by atoms with Gasteiger partial charge in [-0.05, 0) is 31.9 Å². The van der Waals surface area contributed by atoms with E-state index in [-0.39, 0.29) is 17.7 Å². The summed E-state index contributed by atoms with van der Waals surface area (Å²) in [6.07, 6.45) is -2.95. The number of carbonyl (C=O) groups is 1. The standard InChI is InChI=1S/C14H16F3NO2/c1-9(12-7-4-8-20-12)18-13(19)10-5-2-3-6-11(10)14(15,16)17/h2-3,5-6,9,12H,4,7-8H2,1H3,(H,18,19)/t9-,12-/m0/s1. The highest BCUT2D eigenvalue weighted by atomic mass is 19.4. The first-order chi connectivity index (χ1) is 9.39. The second-order valence-corrected chi connectivity index (χ2v) is 4.86. The zero-order valence-corrected chi connectivity index (χ0v) is 11.0. The fourth-order valence-corrected chi connectivity index (χ4v) is 2.30. The van der Waals surface area contributed by atoms with Crippen LogP contribution in [0.15, 0.2) is 24.3 Å². The number of hydrogen-bond acceptors (Lipinski definition) is 2. The third-order valence-corrected chi connectivity index (χ3v) is 3.36. The highest BCUT2D eigenvalue weighted by molar-refractivity contribution is 5.96. The highest BCUT2D eigenvalue weighted by Crippen LogP contribution is 2.31. The highest BCUT2D eigenvalue weighted by Gasteiger charge is 2.35. The van der Waals surface area contributed by atoms with Crippen LogP contribution in [0, 0.1) is 0 Å². The minimum Gasteiger partial charge on any atom is -0.376 e. The van der Waals surface area contributed by atoms with Gasteiger partial charge in [-0.15, -0.1) is 0 Å². The second kappa shape index (κ2) is 5.83. The molecule has 0 aromatic heterocycles. The van der Waals surface area contributed by atoms with Crippen molar-refractivity contribution in [2.24, 2.45) is 0 Å². The number of nitrogens with one attached hydrogen (secondary N) is 1. The molecule has 2 atom stereocenters. The van der Waals surface area contributed by atoms with Crippen LogP contribution >= 0.6 is 0 Å². The van der Waals surface area contributed by atoms with Gasteiger partial charge in [0.2, 0.25) is 0 Å². The van der Waals surface area contributed by atoms with Crippen LogP contribution in [0.2, 0.25) is 0 Å². The smallest absolute Gasteiger partial charge is 0.376 e. The van der Waals surface area contributed by atoms with E-state index >= 15 is 0 Å². The largest absolute Gasteiger partial charge is 0.417 e. The zero-order chi connectivity index (χ0) is 14.8. The Balaban J connectivity index is 2.13. The van der Waals surface area contributed by atoms with Gasteiger partial charge < -0.3 is 10.1 Å². The number of hydrogen-bond donors (Lipinski definition) is 1. The summed E-state index contributed by atoms with van der Waals surface area (Å²) < 4.78 is 43.9. The molecule has 3 nitrogen and oxygen atoms in total. The van der Waals surface area contributed by atoms with Gasteiger partial charge in [0.15, 0.2) is 0 Å². The minimum absolute atomic E-state index is 0.128. The van der Waals surface area contributed by atoms with Crippen molar-refractivity contribution in [2.75, 3.05) is 6.61 Å². The van der Waals surface area contributed by atoms with E-state index in [9.17, 15) is 18.0 Å². The minimum atomic E-state index is -4.54. The molecule has 0 spiro atoms. The predicted octanol–water partition coefficient (Wildman–Crippen LogP) is 3.00. The summed E-state index contributed by atoms with van der Waals surface area (Å²) in [6.45, 7) is 2.37. The Morgan fingerprint density at radius 3 is 2.70 bits per heavy atom. The molecular weight excluding hydrogens is 271 g/mol. The number of halogens is 3.